The molecule has 0 aliphatic rings. The molecule has 0 bridgehead atoms. The fourth-order valence-electron chi connectivity index (χ4n) is 2.13. The van der Waals surface area contributed by atoms with Crippen LogP contribution in [0.25, 0.3) is 0 Å². The number of halogens is 2. The molecule has 1 heterocycles. The predicted molar refractivity (Wildman–Crippen MR) is 89.6 cm³/mol. The molecule has 0 radical (unpaired) electrons. The van der Waals surface area contributed by atoms with Crippen molar-refractivity contribution in [3.8, 4) is 6.01 Å². The molecular weight excluding hydrogens is 312 g/mol. The fourth-order valence-corrected chi connectivity index (χ4v) is 2.13. The van der Waals surface area contributed by atoms with Crippen LogP contribution in [0.3, 0.4) is 0 Å². The Labute approximate surface area is 140 Å². The van der Waals surface area contributed by atoms with Crippen molar-refractivity contribution in [3.63, 3.8) is 0 Å². The number of aliphatic imine (C=N–C) groups is 1. The van der Waals surface area contributed by atoms with Crippen LogP contribution in [0.15, 0.2) is 35.5 Å². The lowest BCUT2D eigenvalue weighted by Gasteiger charge is -2.06. The highest BCUT2D eigenvalue weighted by atomic mass is 19.1. The summed E-state index contributed by atoms with van der Waals surface area (Å²) in [6, 6.07) is 6.05. The summed E-state index contributed by atoms with van der Waals surface area (Å²) in [6.45, 7) is 4.07. The van der Waals surface area contributed by atoms with Gasteiger partial charge in [0.25, 0.3) is 0 Å². The van der Waals surface area contributed by atoms with Gasteiger partial charge < -0.3 is 4.74 Å². The van der Waals surface area contributed by atoms with Gasteiger partial charge in [-0.1, -0.05) is 31.9 Å². The summed E-state index contributed by atoms with van der Waals surface area (Å²) in [5.41, 5.74) is 1.46. The Bertz CT molecular complexity index is 704. The number of ether oxygens (including phenoxy) is 1. The molecule has 0 saturated carbocycles. The molecular formula is C18H21F2N3O. The molecule has 0 fully saturated rings. The molecule has 0 N–H and O–H groups in total. The second-order valence-corrected chi connectivity index (χ2v) is 5.55. The molecule has 0 atom stereocenters. The zero-order chi connectivity index (χ0) is 17.4. The Morgan fingerprint density at radius 3 is 2.83 bits per heavy atom. The minimum absolute atomic E-state index is 0.0146. The standard InChI is InChI=1S/C18H21F2N3O/c1-3-4-5-7-13(2)22-17-16(20)11-21-18(23-17)24-12-14-8-6-9-15(19)10-14/h6,8-11H,3-5,7,12H2,1-2H3/b22-13-. The third-order valence-electron chi connectivity index (χ3n) is 3.40. The average Bonchev–Trinajstić information content (AvgIpc) is 2.56. The first-order chi connectivity index (χ1) is 11.6. The number of hydrogen-bond acceptors (Lipinski definition) is 4. The number of hydrogen-bond donors (Lipinski definition) is 0. The zero-order valence-corrected chi connectivity index (χ0v) is 13.9. The number of nitrogens with zero attached hydrogens (tertiary/aromatic N) is 3. The molecule has 128 valence electrons. The molecule has 4 nitrogen and oxygen atoms in total. The van der Waals surface area contributed by atoms with Crippen LogP contribution in [0.4, 0.5) is 14.6 Å². The fraction of sp³-hybridized carbons (Fsp3) is 0.389. The van der Waals surface area contributed by atoms with Gasteiger partial charge in [0.15, 0.2) is 11.6 Å². The van der Waals surface area contributed by atoms with Crippen molar-refractivity contribution in [3.05, 3.63) is 47.7 Å². The molecule has 0 spiro atoms. The molecule has 0 saturated heterocycles. The van der Waals surface area contributed by atoms with Crippen molar-refractivity contribution in [2.24, 2.45) is 4.99 Å². The van der Waals surface area contributed by atoms with Crippen LogP contribution in [-0.4, -0.2) is 15.7 Å². The topological polar surface area (TPSA) is 47.4 Å². The summed E-state index contributed by atoms with van der Waals surface area (Å²) in [6.07, 6.45) is 5.08. The first-order valence-corrected chi connectivity index (χ1v) is 8.02. The third-order valence-corrected chi connectivity index (χ3v) is 3.40. The first-order valence-electron chi connectivity index (χ1n) is 8.02. The Morgan fingerprint density at radius 1 is 1.25 bits per heavy atom. The Balaban J connectivity index is 2.03. The zero-order valence-electron chi connectivity index (χ0n) is 13.9. The van der Waals surface area contributed by atoms with Crippen LogP contribution in [0.5, 0.6) is 6.01 Å². The lowest BCUT2D eigenvalue weighted by atomic mass is 10.1. The second kappa shape index (κ2) is 9.05. The van der Waals surface area contributed by atoms with Crippen molar-refractivity contribution >= 4 is 11.5 Å². The largest absolute Gasteiger partial charge is 0.459 e. The number of aromatic nitrogens is 2. The highest BCUT2D eigenvalue weighted by molar-refractivity contribution is 5.84. The smallest absolute Gasteiger partial charge is 0.318 e. The van der Waals surface area contributed by atoms with Gasteiger partial charge in [-0.3, -0.25) is 0 Å². The molecule has 0 aliphatic carbocycles. The van der Waals surface area contributed by atoms with E-state index in [4.69, 9.17) is 4.74 Å². The van der Waals surface area contributed by atoms with Gasteiger partial charge >= 0.3 is 6.01 Å². The molecule has 6 heteroatoms. The van der Waals surface area contributed by atoms with Crippen LogP contribution in [0.2, 0.25) is 0 Å². The Kier molecular flexibility index (Phi) is 6.78. The van der Waals surface area contributed by atoms with E-state index >= 15 is 0 Å². The summed E-state index contributed by atoms with van der Waals surface area (Å²) in [7, 11) is 0. The summed E-state index contributed by atoms with van der Waals surface area (Å²) in [5, 5.41) is 0. The average molecular weight is 333 g/mol. The van der Waals surface area contributed by atoms with Crippen LogP contribution in [0.1, 0.15) is 45.1 Å². The van der Waals surface area contributed by atoms with Crippen LogP contribution in [-0.2, 0) is 6.61 Å². The van der Waals surface area contributed by atoms with E-state index < -0.39 is 5.82 Å². The second-order valence-electron chi connectivity index (χ2n) is 5.55. The maximum absolute atomic E-state index is 13.8. The van der Waals surface area contributed by atoms with E-state index in [0.717, 1.165) is 37.6 Å². The van der Waals surface area contributed by atoms with Crippen molar-refractivity contribution in [1.29, 1.82) is 0 Å². The summed E-state index contributed by atoms with van der Waals surface area (Å²) < 4.78 is 32.3. The number of unbranched alkanes of at least 4 members (excludes halogenated alkanes) is 2. The van der Waals surface area contributed by atoms with E-state index in [2.05, 4.69) is 21.9 Å². The summed E-state index contributed by atoms with van der Waals surface area (Å²) in [4.78, 5) is 12.0. The lowest BCUT2D eigenvalue weighted by Crippen LogP contribution is -2.01. The van der Waals surface area contributed by atoms with Gasteiger partial charge in [-0.05, 0) is 37.5 Å². The number of rotatable bonds is 8. The maximum atomic E-state index is 13.8. The molecule has 24 heavy (non-hydrogen) atoms. The minimum Gasteiger partial charge on any atom is -0.459 e. The highest BCUT2D eigenvalue weighted by Gasteiger charge is 2.08. The Morgan fingerprint density at radius 2 is 2.08 bits per heavy atom. The SMILES string of the molecule is CCCCC/C(C)=N\c1nc(OCc2cccc(F)c2)ncc1F. The maximum Gasteiger partial charge on any atom is 0.318 e. The van der Waals surface area contributed by atoms with Gasteiger partial charge in [-0.15, -0.1) is 0 Å². The predicted octanol–water partition coefficient (Wildman–Crippen LogP) is 5.01. The number of benzene rings is 1. The van der Waals surface area contributed by atoms with E-state index in [-0.39, 0.29) is 24.3 Å². The van der Waals surface area contributed by atoms with E-state index in [9.17, 15) is 8.78 Å². The van der Waals surface area contributed by atoms with Gasteiger partial charge in [0.05, 0.1) is 6.20 Å². The van der Waals surface area contributed by atoms with E-state index in [1.807, 2.05) is 6.92 Å². The molecule has 1 aromatic heterocycles. The monoisotopic (exact) mass is 333 g/mol. The molecule has 0 unspecified atom stereocenters. The van der Waals surface area contributed by atoms with E-state index in [1.54, 1.807) is 12.1 Å². The van der Waals surface area contributed by atoms with Gasteiger partial charge in [-0.2, -0.15) is 4.98 Å². The van der Waals surface area contributed by atoms with Gasteiger partial charge in [-0.25, -0.2) is 18.8 Å². The minimum atomic E-state index is -0.594. The molecule has 2 aromatic rings. The highest BCUT2D eigenvalue weighted by Crippen LogP contribution is 2.18. The molecule has 2 rings (SSSR count). The van der Waals surface area contributed by atoms with Crippen molar-refractivity contribution in [2.75, 3.05) is 0 Å². The van der Waals surface area contributed by atoms with Gasteiger partial charge in [0.1, 0.15) is 12.4 Å². The van der Waals surface area contributed by atoms with E-state index in [1.165, 1.54) is 12.1 Å². The molecule has 1 aromatic carbocycles. The first kappa shape index (κ1) is 18.0. The summed E-state index contributed by atoms with van der Waals surface area (Å²) >= 11 is 0. The third kappa shape index (κ3) is 5.68. The lowest BCUT2D eigenvalue weighted by molar-refractivity contribution is 0.279. The van der Waals surface area contributed by atoms with Crippen molar-refractivity contribution in [1.82, 2.24) is 9.97 Å². The normalized spacial score (nSPS) is 11.6. The summed E-state index contributed by atoms with van der Waals surface area (Å²) in [5.74, 6) is -0.972. The van der Waals surface area contributed by atoms with Crippen molar-refractivity contribution in [2.45, 2.75) is 46.1 Å². The Hall–Kier alpha value is -2.37. The quantitative estimate of drug-likeness (QED) is 0.504. The van der Waals surface area contributed by atoms with Crippen LogP contribution < -0.4 is 4.74 Å². The van der Waals surface area contributed by atoms with Gasteiger partial charge in [0.2, 0.25) is 0 Å². The van der Waals surface area contributed by atoms with E-state index in [0.29, 0.717) is 5.56 Å². The van der Waals surface area contributed by atoms with Crippen LogP contribution >= 0.6 is 0 Å². The molecule has 0 amide bonds. The van der Waals surface area contributed by atoms with Crippen LogP contribution in [0, 0.1) is 11.6 Å². The molecule has 0 aliphatic heterocycles. The van der Waals surface area contributed by atoms with Gasteiger partial charge in [0, 0.05) is 5.71 Å². The van der Waals surface area contributed by atoms with Crippen molar-refractivity contribution < 1.29 is 13.5 Å².